The molecule has 0 saturated carbocycles. The summed E-state index contributed by atoms with van der Waals surface area (Å²) in [5.41, 5.74) is 0.143. The van der Waals surface area contributed by atoms with E-state index >= 15 is 0 Å². The van der Waals surface area contributed by atoms with Crippen LogP contribution in [0.25, 0.3) is 17.0 Å². The lowest BCUT2D eigenvalue weighted by Gasteiger charge is -2.05. The van der Waals surface area contributed by atoms with Crippen molar-refractivity contribution < 1.29 is 23.5 Å². The molecule has 0 spiro atoms. The fraction of sp³-hybridized carbons (Fsp3) is 0.136. The van der Waals surface area contributed by atoms with Gasteiger partial charge in [-0.3, -0.25) is 9.59 Å². The average molecular weight is 378 g/mol. The number of ether oxygens (including phenoxy) is 2. The van der Waals surface area contributed by atoms with Crippen LogP contribution in [0.1, 0.15) is 22.3 Å². The number of methoxy groups -OCH3 is 2. The highest BCUT2D eigenvalue weighted by atomic mass is 16.5. The van der Waals surface area contributed by atoms with Gasteiger partial charge in [0.05, 0.1) is 26.0 Å². The third-order valence-corrected chi connectivity index (χ3v) is 4.17. The van der Waals surface area contributed by atoms with E-state index in [9.17, 15) is 14.4 Å². The molecule has 6 heteroatoms. The predicted octanol–water partition coefficient (Wildman–Crippen LogP) is 3.67. The van der Waals surface area contributed by atoms with Crippen LogP contribution in [-0.2, 0) is 4.79 Å². The fourth-order valence-corrected chi connectivity index (χ4v) is 2.70. The Hall–Kier alpha value is -3.67. The zero-order valence-electron chi connectivity index (χ0n) is 15.4. The van der Waals surface area contributed by atoms with Crippen LogP contribution < -0.4 is 15.1 Å². The molecule has 3 aromatic rings. The molecular formula is C22H18O6. The van der Waals surface area contributed by atoms with Crippen LogP contribution in [0.4, 0.5) is 0 Å². The molecule has 3 rings (SSSR count). The lowest BCUT2D eigenvalue weighted by molar-refractivity contribution is -0.113. The van der Waals surface area contributed by atoms with Crippen molar-refractivity contribution in [2.45, 2.75) is 6.42 Å². The van der Waals surface area contributed by atoms with Gasteiger partial charge in [-0.15, -0.1) is 0 Å². The van der Waals surface area contributed by atoms with Crippen LogP contribution in [0.3, 0.4) is 0 Å². The summed E-state index contributed by atoms with van der Waals surface area (Å²) in [6, 6.07) is 13.5. The highest BCUT2D eigenvalue weighted by Crippen LogP contribution is 2.25. The van der Waals surface area contributed by atoms with E-state index in [2.05, 4.69) is 0 Å². The lowest BCUT2D eigenvalue weighted by atomic mass is 10.0. The maximum atomic E-state index is 12.4. The standard InChI is InChI=1S/C22H18O6/c1-26-16-10-7-14(8-11-16)6-9-15(23)12-19(24)17-13-18-20(27-2)4-3-5-21(18)28-22(17)25/h3-11,13H,12H2,1-2H3/b9-6-. The molecule has 0 aliphatic rings. The Labute approximate surface area is 161 Å². The van der Waals surface area contributed by atoms with Crippen LogP contribution in [0, 0.1) is 0 Å². The summed E-state index contributed by atoms with van der Waals surface area (Å²) in [7, 11) is 3.05. The molecule has 0 bridgehead atoms. The molecular weight excluding hydrogens is 360 g/mol. The molecule has 0 aliphatic carbocycles. The zero-order valence-corrected chi connectivity index (χ0v) is 15.4. The smallest absolute Gasteiger partial charge is 0.347 e. The van der Waals surface area contributed by atoms with Crippen LogP contribution >= 0.6 is 0 Å². The quantitative estimate of drug-likeness (QED) is 0.270. The second-order valence-electron chi connectivity index (χ2n) is 5.99. The summed E-state index contributed by atoms with van der Waals surface area (Å²) in [4.78, 5) is 36.7. The molecule has 142 valence electrons. The van der Waals surface area contributed by atoms with Crippen molar-refractivity contribution in [3.8, 4) is 11.5 Å². The maximum Gasteiger partial charge on any atom is 0.347 e. The number of Topliss-reactive ketones (excluding diaryl/α,β-unsaturated/α-hetero) is 1. The monoisotopic (exact) mass is 378 g/mol. The number of fused-ring (bicyclic) bond motifs is 1. The Balaban J connectivity index is 1.78. The predicted molar refractivity (Wildman–Crippen MR) is 105 cm³/mol. The van der Waals surface area contributed by atoms with Gasteiger partial charge in [0.1, 0.15) is 22.6 Å². The highest BCUT2D eigenvalue weighted by Gasteiger charge is 2.17. The van der Waals surface area contributed by atoms with Gasteiger partial charge in [-0.1, -0.05) is 24.3 Å². The van der Waals surface area contributed by atoms with E-state index in [1.54, 1.807) is 55.7 Å². The third kappa shape index (κ3) is 4.17. The number of carbonyl (C=O) groups excluding carboxylic acids is 2. The number of carbonyl (C=O) groups is 2. The van der Waals surface area contributed by atoms with E-state index in [-0.39, 0.29) is 5.56 Å². The van der Waals surface area contributed by atoms with Gasteiger partial charge in [0.25, 0.3) is 0 Å². The molecule has 0 saturated heterocycles. The zero-order chi connectivity index (χ0) is 20.1. The van der Waals surface area contributed by atoms with Crippen molar-refractivity contribution in [3.05, 3.63) is 76.2 Å². The van der Waals surface area contributed by atoms with Gasteiger partial charge < -0.3 is 13.9 Å². The number of ketones is 2. The van der Waals surface area contributed by atoms with Crippen molar-refractivity contribution in [1.29, 1.82) is 0 Å². The van der Waals surface area contributed by atoms with Crippen molar-refractivity contribution >= 4 is 28.6 Å². The van der Waals surface area contributed by atoms with Gasteiger partial charge in [0, 0.05) is 0 Å². The number of rotatable bonds is 7. The van der Waals surface area contributed by atoms with Crippen molar-refractivity contribution in [2.24, 2.45) is 0 Å². The summed E-state index contributed by atoms with van der Waals surface area (Å²) >= 11 is 0. The van der Waals surface area contributed by atoms with E-state index in [0.717, 1.165) is 5.56 Å². The van der Waals surface area contributed by atoms with E-state index in [1.165, 1.54) is 19.3 Å². The Morgan fingerprint density at radius 1 is 1.04 bits per heavy atom. The van der Waals surface area contributed by atoms with Gasteiger partial charge in [0.2, 0.25) is 0 Å². The minimum absolute atomic E-state index is 0.178. The molecule has 28 heavy (non-hydrogen) atoms. The normalized spacial score (nSPS) is 10.9. The first-order valence-electron chi connectivity index (χ1n) is 8.51. The molecule has 0 radical (unpaired) electrons. The van der Waals surface area contributed by atoms with Crippen LogP contribution in [0.2, 0.25) is 0 Å². The molecule has 6 nitrogen and oxygen atoms in total. The van der Waals surface area contributed by atoms with Crippen molar-refractivity contribution in [2.75, 3.05) is 14.2 Å². The van der Waals surface area contributed by atoms with Crippen molar-refractivity contribution in [3.63, 3.8) is 0 Å². The Bertz CT molecular complexity index is 1110. The summed E-state index contributed by atoms with van der Waals surface area (Å²) in [6.07, 6.45) is 2.47. The molecule has 1 heterocycles. The molecule has 0 amide bonds. The molecule has 0 fully saturated rings. The maximum absolute atomic E-state index is 12.4. The van der Waals surface area contributed by atoms with Crippen LogP contribution in [0.15, 0.2) is 63.8 Å². The van der Waals surface area contributed by atoms with E-state index in [0.29, 0.717) is 22.5 Å². The number of benzene rings is 2. The fourth-order valence-electron chi connectivity index (χ4n) is 2.70. The highest BCUT2D eigenvalue weighted by molar-refractivity contribution is 6.12. The lowest BCUT2D eigenvalue weighted by Crippen LogP contribution is -2.16. The molecule has 2 aromatic carbocycles. The minimum Gasteiger partial charge on any atom is -0.497 e. The molecule has 0 unspecified atom stereocenters. The second kappa shape index (κ2) is 8.35. The number of hydrogen-bond acceptors (Lipinski definition) is 6. The molecule has 0 N–H and O–H groups in total. The molecule has 0 aliphatic heterocycles. The van der Waals surface area contributed by atoms with Gasteiger partial charge in [-0.2, -0.15) is 0 Å². The van der Waals surface area contributed by atoms with E-state index in [4.69, 9.17) is 13.9 Å². The third-order valence-electron chi connectivity index (χ3n) is 4.17. The van der Waals surface area contributed by atoms with Crippen LogP contribution in [-0.4, -0.2) is 25.8 Å². The summed E-state index contributed by atoms with van der Waals surface area (Å²) in [5.74, 6) is 0.157. The van der Waals surface area contributed by atoms with Gasteiger partial charge in [-0.25, -0.2) is 4.79 Å². The first-order valence-corrected chi connectivity index (χ1v) is 8.51. The minimum atomic E-state index is -0.780. The molecule has 0 atom stereocenters. The van der Waals surface area contributed by atoms with Gasteiger partial charge in [0.15, 0.2) is 11.6 Å². The number of hydrogen-bond donors (Lipinski definition) is 0. The number of allylic oxidation sites excluding steroid dienone is 1. The average Bonchev–Trinajstić information content (AvgIpc) is 2.71. The largest absolute Gasteiger partial charge is 0.497 e. The molecule has 1 aromatic heterocycles. The Morgan fingerprint density at radius 3 is 2.46 bits per heavy atom. The van der Waals surface area contributed by atoms with Gasteiger partial charge >= 0.3 is 5.63 Å². The summed E-state index contributed by atoms with van der Waals surface area (Å²) in [5, 5.41) is 0.495. The van der Waals surface area contributed by atoms with E-state index < -0.39 is 23.6 Å². The summed E-state index contributed by atoms with van der Waals surface area (Å²) < 4.78 is 15.5. The first-order chi connectivity index (χ1) is 13.5. The summed E-state index contributed by atoms with van der Waals surface area (Å²) in [6.45, 7) is 0. The van der Waals surface area contributed by atoms with E-state index in [1.807, 2.05) is 0 Å². The SMILES string of the molecule is COc1ccc(/C=C\C(=O)CC(=O)c2cc3c(OC)cccc3oc2=O)cc1. The topological polar surface area (TPSA) is 82.8 Å². The second-order valence-corrected chi connectivity index (χ2v) is 5.99. The van der Waals surface area contributed by atoms with Crippen LogP contribution in [0.5, 0.6) is 11.5 Å². The van der Waals surface area contributed by atoms with Gasteiger partial charge in [-0.05, 0) is 42.0 Å². The Kier molecular flexibility index (Phi) is 5.69. The first kappa shape index (κ1) is 19.1. The Morgan fingerprint density at radius 2 is 1.79 bits per heavy atom. The van der Waals surface area contributed by atoms with Crippen molar-refractivity contribution in [1.82, 2.24) is 0 Å².